The summed E-state index contributed by atoms with van der Waals surface area (Å²) in [6.45, 7) is 13.2. The second kappa shape index (κ2) is 19.8. The van der Waals surface area contributed by atoms with Crippen molar-refractivity contribution in [1.29, 1.82) is 0 Å². The van der Waals surface area contributed by atoms with Crippen molar-refractivity contribution < 1.29 is 26.8 Å². The quantitative estimate of drug-likeness (QED) is 0.112. The van der Waals surface area contributed by atoms with Crippen LogP contribution in [0.2, 0.25) is 13.1 Å². The molecule has 2 nitrogen and oxygen atoms in total. The Labute approximate surface area is 381 Å². The summed E-state index contributed by atoms with van der Waals surface area (Å²) < 4.78 is 11.9. The molecule has 0 unspecified atom stereocenters. The van der Waals surface area contributed by atoms with Crippen molar-refractivity contribution in [3.63, 3.8) is 0 Å². The van der Waals surface area contributed by atoms with Gasteiger partial charge in [-0.25, -0.2) is 0 Å². The zero-order valence-corrected chi connectivity index (χ0v) is 41.4. The van der Waals surface area contributed by atoms with Crippen LogP contribution in [0.15, 0.2) is 167 Å². The minimum atomic E-state index is -1.65. The molecule has 62 heavy (non-hydrogen) atoms. The summed E-state index contributed by atoms with van der Waals surface area (Å²) in [4.78, 5) is 0. The molecule has 2 heterocycles. The summed E-state index contributed by atoms with van der Waals surface area (Å²) in [5.74, 6) is 1.91. The predicted octanol–water partition coefficient (Wildman–Crippen LogP) is 17.7. The van der Waals surface area contributed by atoms with Crippen LogP contribution in [0.25, 0.3) is 88.0 Å². The van der Waals surface area contributed by atoms with Crippen molar-refractivity contribution in [2.24, 2.45) is 0 Å². The number of hydrogen-bond acceptors (Lipinski definition) is 2. The number of aryl methyl sites for hydroxylation is 4. The molecule has 0 aliphatic heterocycles. The maximum atomic E-state index is 5.97. The molecule has 10 rings (SSSR count). The van der Waals surface area contributed by atoms with Gasteiger partial charge >= 0.3 is 53.5 Å². The van der Waals surface area contributed by atoms with Gasteiger partial charge in [0.15, 0.2) is 0 Å². The molecule has 0 amide bonds. The number of hydrogen-bond donors (Lipinski definition) is 0. The molecule has 0 N–H and O–H groups in total. The number of fused-ring (bicyclic) bond motifs is 4. The molecule has 0 aliphatic carbocycles. The van der Waals surface area contributed by atoms with E-state index in [1.165, 1.54) is 76.8 Å². The molecule has 0 atom stereocenters. The van der Waals surface area contributed by atoms with Crippen molar-refractivity contribution >= 4 is 65.5 Å². The van der Waals surface area contributed by atoms with E-state index in [-0.39, 0.29) is 5.43 Å². The fraction of sp³-hybridized carbons (Fsp3) is 0.179. The second-order valence-corrected chi connectivity index (χ2v) is 39.1. The first kappa shape index (κ1) is 43.9. The topological polar surface area (TPSA) is 26.3 Å². The van der Waals surface area contributed by atoms with Gasteiger partial charge in [0.2, 0.25) is 0 Å². The Hall–Kier alpha value is -4.70. The van der Waals surface area contributed by atoms with Gasteiger partial charge in [0.25, 0.3) is 0 Å². The zero-order valence-electron chi connectivity index (χ0n) is 36.4. The van der Waals surface area contributed by atoms with E-state index < -0.39 is 18.0 Å². The van der Waals surface area contributed by atoms with E-state index in [2.05, 4.69) is 186 Å². The summed E-state index contributed by atoms with van der Waals surface area (Å²) in [6.07, 6.45) is 7.85. The Morgan fingerprint density at radius 2 is 0.903 bits per heavy atom. The van der Waals surface area contributed by atoms with Gasteiger partial charge in [-0.2, -0.15) is 0 Å². The Bertz CT molecular complexity index is 2970. The first-order valence-corrected chi connectivity index (χ1v) is 34.3. The van der Waals surface area contributed by atoms with E-state index in [1.807, 2.05) is 12.5 Å². The number of halogens is 2. The van der Waals surface area contributed by atoms with Crippen molar-refractivity contribution in [3.8, 4) is 44.9 Å². The van der Waals surface area contributed by atoms with Gasteiger partial charge in [-0.1, -0.05) is 159 Å². The molecule has 6 heteroatoms. The van der Waals surface area contributed by atoms with Crippen LogP contribution in [-0.4, -0.2) is 5.43 Å². The van der Waals surface area contributed by atoms with Gasteiger partial charge in [-0.05, 0) is 69.8 Å². The van der Waals surface area contributed by atoms with Crippen LogP contribution in [0.5, 0.6) is 0 Å². The monoisotopic (exact) mass is 944 g/mol. The number of furan rings is 2. The third kappa shape index (κ3) is 9.18. The van der Waals surface area contributed by atoms with Crippen molar-refractivity contribution in [2.75, 3.05) is 0 Å². The van der Waals surface area contributed by atoms with E-state index in [4.69, 9.17) is 25.9 Å². The molecular weight excluding hydrogens is 895 g/mol. The van der Waals surface area contributed by atoms with Gasteiger partial charge in [0, 0.05) is 10.8 Å². The molecule has 0 saturated heterocycles. The van der Waals surface area contributed by atoms with Gasteiger partial charge in [0.1, 0.15) is 0 Å². The molecule has 8 aromatic carbocycles. The Morgan fingerprint density at radius 1 is 0.484 bits per heavy atom. The number of benzene rings is 6. The van der Waals surface area contributed by atoms with E-state index >= 15 is 0 Å². The average Bonchev–Trinajstić information content (AvgIpc) is 4.13. The molecule has 0 fully saturated rings. The minimum absolute atomic E-state index is 0.224. The van der Waals surface area contributed by atoms with Crippen LogP contribution < -0.4 is 0 Å². The van der Waals surface area contributed by atoms with Crippen LogP contribution in [0.4, 0.5) is 0 Å². The van der Waals surface area contributed by atoms with Crippen LogP contribution in [0.1, 0.15) is 49.9 Å². The zero-order chi connectivity index (χ0) is 43.3. The summed E-state index contributed by atoms with van der Waals surface area (Å²) in [6, 6.07) is 52.8. The molecule has 0 bridgehead atoms. The van der Waals surface area contributed by atoms with Crippen LogP contribution >= 0.6 is 17.0 Å². The summed E-state index contributed by atoms with van der Waals surface area (Å²) in [5, 5.41) is 9.78. The standard InChI is InChI=1S/2C27H23O.C2H6Si.2ClH.Zr/c2*1-3-18-8-7-10-21(14-18)26-19(4-2)12-13-20-15-23(16-25(20)26)27-24-11-6-5-9-22(24)17-28-27;1-3-2;;;/h2*5-17H,3-4H2,1-2H3;1-2H3;2*1H;/q2*-1;;;;+2/p-2. The molecule has 0 radical (unpaired) electrons. The second-order valence-electron chi connectivity index (χ2n) is 16.1. The van der Waals surface area contributed by atoms with Gasteiger partial charge in [-0.3, -0.25) is 0 Å². The summed E-state index contributed by atoms with van der Waals surface area (Å²) in [5.41, 5.74) is 12.9. The maximum absolute atomic E-state index is 5.97. The first-order chi connectivity index (χ1) is 30.2. The SMILES string of the molecule is CCc1cccc(-c2c(CC)ccc3[cH-]c(-c4occ5ccccc45)cc23)c1.CCc1cccc(-c2c(CC)ccc3[cH-]c(-c4occ5ccccc45)cc23)c1.C[Si](C)=[Zr]([Cl])[Cl]. The molecule has 0 saturated carbocycles. The van der Waals surface area contributed by atoms with Crippen LogP contribution in [0.3, 0.4) is 0 Å². The molecule has 0 spiro atoms. The average molecular weight is 947 g/mol. The van der Waals surface area contributed by atoms with Gasteiger partial charge in [0.05, 0.1) is 24.0 Å². The van der Waals surface area contributed by atoms with Gasteiger partial charge < -0.3 is 8.83 Å². The number of rotatable bonds is 8. The Morgan fingerprint density at radius 3 is 1.29 bits per heavy atom. The van der Waals surface area contributed by atoms with Crippen LogP contribution in [0, 0.1) is 0 Å². The van der Waals surface area contributed by atoms with Crippen molar-refractivity contribution in [1.82, 2.24) is 0 Å². The molecule has 2 aromatic heterocycles. The van der Waals surface area contributed by atoms with Gasteiger partial charge in [-0.15, -0.1) is 57.9 Å². The fourth-order valence-corrected chi connectivity index (χ4v) is 8.51. The third-order valence-corrected chi connectivity index (χ3v) is 31.6. The predicted molar refractivity (Wildman–Crippen MR) is 267 cm³/mol. The summed E-state index contributed by atoms with van der Waals surface area (Å²) in [7, 11) is 11.2. The van der Waals surface area contributed by atoms with E-state index in [9.17, 15) is 0 Å². The summed E-state index contributed by atoms with van der Waals surface area (Å²) >= 11 is -1.65. The third-order valence-electron chi connectivity index (χ3n) is 11.9. The van der Waals surface area contributed by atoms with E-state index in [1.54, 1.807) is 0 Å². The normalized spacial score (nSPS) is 11.2. The van der Waals surface area contributed by atoms with E-state index in [0.717, 1.165) is 59.1 Å². The van der Waals surface area contributed by atoms with Crippen LogP contribution in [-0.2, 0) is 43.7 Å². The Kier molecular flexibility index (Phi) is 14.0. The first-order valence-electron chi connectivity index (χ1n) is 21.8. The Balaban J connectivity index is 0.000000151. The van der Waals surface area contributed by atoms with Crippen molar-refractivity contribution in [2.45, 2.75) is 66.5 Å². The molecule has 10 aromatic rings. The molecule has 0 aliphatic rings. The van der Waals surface area contributed by atoms with Crippen molar-refractivity contribution in [3.05, 3.63) is 180 Å². The fourth-order valence-electron chi connectivity index (χ4n) is 8.51. The van der Waals surface area contributed by atoms with E-state index in [0.29, 0.717) is 0 Å². The molecule has 312 valence electrons. The molecular formula is C56H52Cl2O2SiZr-2.